The van der Waals surface area contributed by atoms with E-state index < -0.39 is 0 Å². The number of furan rings is 1. The Labute approximate surface area is 129 Å². The molecule has 1 N–H and O–H groups in total. The van der Waals surface area contributed by atoms with Crippen molar-refractivity contribution in [1.82, 2.24) is 5.32 Å². The Morgan fingerprint density at radius 2 is 2.09 bits per heavy atom. The van der Waals surface area contributed by atoms with Crippen molar-refractivity contribution in [3.8, 4) is 5.75 Å². The van der Waals surface area contributed by atoms with Crippen molar-refractivity contribution in [3.05, 3.63) is 53.5 Å². The Morgan fingerprint density at radius 3 is 2.68 bits per heavy atom. The summed E-state index contributed by atoms with van der Waals surface area (Å²) in [6, 6.07) is 8.45. The summed E-state index contributed by atoms with van der Waals surface area (Å²) < 4.78 is 10.5. The number of nitrogens with one attached hydrogen (secondary N) is 1. The van der Waals surface area contributed by atoms with Gasteiger partial charge < -0.3 is 14.5 Å². The van der Waals surface area contributed by atoms with E-state index in [1.165, 1.54) is 14.0 Å². The molecule has 0 aliphatic heterocycles. The molecular weight excluding hydrogens is 282 g/mol. The van der Waals surface area contributed by atoms with Gasteiger partial charge in [-0.1, -0.05) is 0 Å². The van der Waals surface area contributed by atoms with E-state index in [-0.39, 0.29) is 24.2 Å². The molecule has 2 rings (SSSR count). The summed E-state index contributed by atoms with van der Waals surface area (Å²) in [7, 11) is 1.54. The second kappa shape index (κ2) is 6.93. The topological polar surface area (TPSA) is 68.5 Å². The van der Waals surface area contributed by atoms with Crippen LogP contribution in [0.25, 0.3) is 0 Å². The van der Waals surface area contributed by atoms with Crippen LogP contribution in [0.3, 0.4) is 0 Å². The average molecular weight is 301 g/mol. The van der Waals surface area contributed by atoms with Gasteiger partial charge in [-0.25, -0.2) is 0 Å². The van der Waals surface area contributed by atoms with Crippen LogP contribution in [0.15, 0.2) is 41.0 Å². The number of ether oxygens (including phenoxy) is 1. The highest BCUT2D eigenvalue weighted by Gasteiger charge is 2.15. The van der Waals surface area contributed by atoms with Crippen LogP contribution >= 0.6 is 0 Å². The van der Waals surface area contributed by atoms with E-state index in [0.717, 1.165) is 0 Å². The van der Waals surface area contributed by atoms with Gasteiger partial charge in [-0.15, -0.1) is 0 Å². The number of amides is 1. The van der Waals surface area contributed by atoms with Crippen molar-refractivity contribution in [3.63, 3.8) is 0 Å². The predicted molar refractivity (Wildman–Crippen MR) is 82.0 cm³/mol. The van der Waals surface area contributed by atoms with E-state index in [4.69, 9.17) is 9.15 Å². The molecule has 1 unspecified atom stereocenters. The zero-order valence-corrected chi connectivity index (χ0v) is 12.9. The van der Waals surface area contributed by atoms with Crippen molar-refractivity contribution in [2.45, 2.75) is 26.3 Å². The molecule has 1 atom stereocenters. The molecule has 1 amide bonds. The van der Waals surface area contributed by atoms with Gasteiger partial charge >= 0.3 is 0 Å². The number of benzene rings is 1. The smallest absolute Gasteiger partial charge is 0.225 e. The summed E-state index contributed by atoms with van der Waals surface area (Å²) in [5, 5.41) is 2.86. The third kappa shape index (κ3) is 3.75. The molecule has 0 aliphatic rings. The van der Waals surface area contributed by atoms with Crippen LogP contribution < -0.4 is 10.1 Å². The van der Waals surface area contributed by atoms with E-state index in [9.17, 15) is 9.59 Å². The highest BCUT2D eigenvalue weighted by Crippen LogP contribution is 2.21. The van der Waals surface area contributed by atoms with Crippen molar-refractivity contribution in [2.75, 3.05) is 7.11 Å². The Hall–Kier alpha value is -2.56. The standard InChI is InChI=1S/C17H19NO4/c1-11(15-5-4-8-22-15)18-17(20)10-14-9-13(12(2)19)6-7-16(14)21-3/h4-9,11H,10H2,1-3H3,(H,18,20). The lowest BCUT2D eigenvalue weighted by atomic mass is 10.0. The molecule has 1 aromatic carbocycles. The number of Topliss-reactive ketones (excluding diaryl/α,β-unsaturated/α-hetero) is 1. The average Bonchev–Trinajstić information content (AvgIpc) is 3.01. The molecule has 0 fully saturated rings. The van der Waals surface area contributed by atoms with Gasteiger partial charge in [-0.2, -0.15) is 0 Å². The Morgan fingerprint density at radius 1 is 1.32 bits per heavy atom. The largest absolute Gasteiger partial charge is 0.496 e. The maximum Gasteiger partial charge on any atom is 0.225 e. The molecule has 0 aliphatic carbocycles. The molecule has 0 spiro atoms. The fourth-order valence-corrected chi connectivity index (χ4v) is 2.21. The maximum atomic E-state index is 12.2. The summed E-state index contributed by atoms with van der Waals surface area (Å²) in [5.41, 5.74) is 1.24. The lowest BCUT2D eigenvalue weighted by Crippen LogP contribution is -2.28. The number of hydrogen-bond donors (Lipinski definition) is 1. The second-order valence-corrected chi connectivity index (χ2v) is 5.06. The first-order chi connectivity index (χ1) is 10.5. The molecule has 22 heavy (non-hydrogen) atoms. The van der Waals surface area contributed by atoms with Gasteiger partial charge in [0.05, 0.1) is 25.8 Å². The molecular formula is C17H19NO4. The zero-order valence-electron chi connectivity index (χ0n) is 12.9. The summed E-state index contributed by atoms with van der Waals surface area (Å²) in [6.07, 6.45) is 1.70. The van der Waals surface area contributed by atoms with Crippen LogP contribution in [-0.4, -0.2) is 18.8 Å². The minimum absolute atomic E-state index is 0.0479. The fourth-order valence-electron chi connectivity index (χ4n) is 2.21. The third-order valence-electron chi connectivity index (χ3n) is 3.39. The Kier molecular flexibility index (Phi) is 4.99. The number of carbonyl (C=O) groups is 2. The van der Waals surface area contributed by atoms with E-state index in [1.54, 1.807) is 30.5 Å². The number of hydrogen-bond acceptors (Lipinski definition) is 4. The normalized spacial score (nSPS) is 11.8. The lowest BCUT2D eigenvalue weighted by Gasteiger charge is -2.13. The number of methoxy groups -OCH3 is 1. The lowest BCUT2D eigenvalue weighted by molar-refractivity contribution is -0.121. The van der Waals surface area contributed by atoms with Gasteiger partial charge in [0.1, 0.15) is 11.5 Å². The molecule has 2 aromatic rings. The van der Waals surface area contributed by atoms with Crippen LogP contribution in [0.2, 0.25) is 0 Å². The van der Waals surface area contributed by atoms with Gasteiger partial charge in [-0.3, -0.25) is 9.59 Å². The molecule has 1 heterocycles. The van der Waals surface area contributed by atoms with E-state index >= 15 is 0 Å². The number of carbonyl (C=O) groups excluding carboxylic acids is 2. The molecule has 1 aromatic heterocycles. The molecule has 0 saturated heterocycles. The molecule has 0 saturated carbocycles. The molecule has 116 valence electrons. The van der Waals surface area contributed by atoms with Gasteiger partial charge in [0.25, 0.3) is 0 Å². The fraction of sp³-hybridized carbons (Fsp3) is 0.294. The SMILES string of the molecule is COc1ccc(C(C)=O)cc1CC(=O)NC(C)c1ccco1. The van der Waals surface area contributed by atoms with Gasteiger partial charge in [-0.05, 0) is 44.2 Å². The molecule has 5 heteroatoms. The highest BCUT2D eigenvalue weighted by molar-refractivity contribution is 5.94. The maximum absolute atomic E-state index is 12.2. The Bertz CT molecular complexity index is 661. The molecule has 0 radical (unpaired) electrons. The summed E-state index contributed by atoms with van der Waals surface area (Å²) in [4.78, 5) is 23.6. The third-order valence-corrected chi connectivity index (χ3v) is 3.39. The van der Waals surface area contributed by atoms with Crippen molar-refractivity contribution < 1.29 is 18.7 Å². The minimum Gasteiger partial charge on any atom is -0.496 e. The van der Waals surface area contributed by atoms with Crippen LogP contribution in [-0.2, 0) is 11.2 Å². The Balaban J connectivity index is 2.10. The highest BCUT2D eigenvalue weighted by atomic mass is 16.5. The summed E-state index contributed by atoms with van der Waals surface area (Å²) in [5.74, 6) is 1.07. The molecule has 0 bridgehead atoms. The van der Waals surface area contributed by atoms with Gasteiger partial charge in [0, 0.05) is 11.1 Å². The monoisotopic (exact) mass is 301 g/mol. The van der Waals surface area contributed by atoms with E-state index in [1.807, 2.05) is 13.0 Å². The zero-order chi connectivity index (χ0) is 16.1. The van der Waals surface area contributed by atoms with E-state index in [2.05, 4.69) is 5.32 Å². The van der Waals surface area contributed by atoms with Crippen molar-refractivity contribution >= 4 is 11.7 Å². The van der Waals surface area contributed by atoms with Gasteiger partial charge in [0.15, 0.2) is 5.78 Å². The number of rotatable bonds is 6. The van der Waals surface area contributed by atoms with Gasteiger partial charge in [0.2, 0.25) is 5.91 Å². The second-order valence-electron chi connectivity index (χ2n) is 5.06. The minimum atomic E-state index is -0.218. The quantitative estimate of drug-likeness (QED) is 0.833. The van der Waals surface area contributed by atoms with Crippen molar-refractivity contribution in [1.29, 1.82) is 0 Å². The molecule has 5 nitrogen and oxygen atoms in total. The first kappa shape index (κ1) is 15.8. The summed E-state index contributed by atoms with van der Waals surface area (Å²) >= 11 is 0. The van der Waals surface area contributed by atoms with Crippen LogP contribution in [0.4, 0.5) is 0 Å². The van der Waals surface area contributed by atoms with Crippen LogP contribution in [0, 0.1) is 0 Å². The summed E-state index contributed by atoms with van der Waals surface area (Å²) in [6.45, 7) is 3.34. The van der Waals surface area contributed by atoms with E-state index in [0.29, 0.717) is 22.6 Å². The number of ketones is 1. The van der Waals surface area contributed by atoms with Crippen LogP contribution in [0.1, 0.15) is 41.6 Å². The van der Waals surface area contributed by atoms with Crippen molar-refractivity contribution in [2.24, 2.45) is 0 Å². The first-order valence-corrected chi connectivity index (χ1v) is 7.02. The predicted octanol–water partition coefficient (Wildman–Crippen LogP) is 2.91. The first-order valence-electron chi connectivity index (χ1n) is 7.02. The van der Waals surface area contributed by atoms with Crippen LogP contribution in [0.5, 0.6) is 5.75 Å².